The van der Waals surface area contributed by atoms with Crippen molar-refractivity contribution in [2.45, 2.75) is 19.4 Å². The van der Waals surface area contributed by atoms with E-state index >= 15 is 0 Å². The Morgan fingerprint density at radius 3 is 2.57 bits per heavy atom. The molecule has 7 heavy (non-hydrogen) atoms. The SMILES string of the molecule is CC(CCN)O[SiH3]. The van der Waals surface area contributed by atoms with E-state index < -0.39 is 0 Å². The van der Waals surface area contributed by atoms with E-state index in [4.69, 9.17) is 10.2 Å². The Morgan fingerprint density at radius 2 is 2.43 bits per heavy atom. The maximum absolute atomic E-state index is 5.24. The van der Waals surface area contributed by atoms with Gasteiger partial charge in [0, 0.05) is 6.10 Å². The van der Waals surface area contributed by atoms with E-state index in [1.54, 1.807) is 0 Å². The van der Waals surface area contributed by atoms with Gasteiger partial charge in [0.05, 0.1) is 0 Å². The molecule has 0 rings (SSSR count). The van der Waals surface area contributed by atoms with E-state index in [1.165, 1.54) is 0 Å². The topological polar surface area (TPSA) is 35.2 Å². The summed E-state index contributed by atoms with van der Waals surface area (Å²) in [7, 11) is 0.831. The van der Waals surface area contributed by atoms with Gasteiger partial charge >= 0.3 is 0 Å². The number of nitrogens with two attached hydrogens (primary N) is 1. The molecule has 0 saturated heterocycles. The highest BCUT2D eigenvalue weighted by Crippen LogP contribution is 1.89. The van der Waals surface area contributed by atoms with Crippen molar-refractivity contribution in [3.8, 4) is 0 Å². The van der Waals surface area contributed by atoms with Crippen molar-refractivity contribution in [3.05, 3.63) is 0 Å². The second kappa shape index (κ2) is 4.30. The molecule has 1 unspecified atom stereocenters. The van der Waals surface area contributed by atoms with E-state index in [9.17, 15) is 0 Å². The lowest BCUT2D eigenvalue weighted by molar-refractivity contribution is 0.235. The number of rotatable bonds is 3. The Bertz CT molecular complexity index is 42.7. The van der Waals surface area contributed by atoms with Crippen LogP contribution < -0.4 is 5.73 Å². The van der Waals surface area contributed by atoms with Gasteiger partial charge in [0.1, 0.15) is 10.5 Å². The third-order valence-corrected chi connectivity index (χ3v) is 1.78. The molecule has 2 nitrogen and oxygen atoms in total. The predicted molar refractivity (Wildman–Crippen MR) is 34.2 cm³/mol. The molecular formula is C4H13NOSi. The molecule has 0 aliphatic carbocycles. The first-order chi connectivity index (χ1) is 3.31. The minimum absolute atomic E-state index is 0.386. The average Bonchev–Trinajstić information content (AvgIpc) is 1.68. The average molecular weight is 119 g/mol. The lowest BCUT2D eigenvalue weighted by Crippen LogP contribution is -2.12. The third-order valence-electron chi connectivity index (χ3n) is 0.976. The summed E-state index contributed by atoms with van der Waals surface area (Å²) in [5.74, 6) is 0. The van der Waals surface area contributed by atoms with Crippen molar-refractivity contribution in [3.63, 3.8) is 0 Å². The molecule has 0 radical (unpaired) electrons. The largest absolute Gasteiger partial charge is 0.425 e. The minimum Gasteiger partial charge on any atom is -0.425 e. The molecule has 0 saturated carbocycles. The zero-order valence-corrected chi connectivity index (χ0v) is 6.98. The molecule has 2 N–H and O–H groups in total. The zero-order chi connectivity index (χ0) is 5.70. The van der Waals surface area contributed by atoms with Gasteiger partial charge in [-0.3, -0.25) is 0 Å². The first kappa shape index (κ1) is 7.14. The fourth-order valence-corrected chi connectivity index (χ4v) is 0.588. The Kier molecular flexibility index (Phi) is 4.38. The van der Waals surface area contributed by atoms with E-state index in [1.807, 2.05) is 6.92 Å². The molecule has 0 amide bonds. The van der Waals surface area contributed by atoms with Crippen LogP contribution in [0.3, 0.4) is 0 Å². The highest BCUT2D eigenvalue weighted by atomic mass is 28.2. The van der Waals surface area contributed by atoms with Gasteiger partial charge in [-0.05, 0) is 19.9 Å². The Labute approximate surface area is 47.6 Å². The molecule has 0 fully saturated rings. The summed E-state index contributed by atoms with van der Waals surface area (Å²) in [4.78, 5) is 0. The van der Waals surface area contributed by atoms with E-state index in [-0.39, 0.29) is 0 Å². The van der Waals surface area contributed by atoms with Gasteiger partial charge in [-0.25, -0.2) is 0 Å². The Hall–Kier alpha value is 0.137. The number of hydrogen-bond acceptors (Lipinski definition) is 2. The fraction of sp³-hybridized carbons (Fsp3) is 1.00. The third kappa shape index (κ3) is 3.98. The molecule has 44 valence electrons. The molecule has 0 spiro atoms. The fourth-order valence-electron chi connectivity index (χ4n) is 0.353. The maximum atomic E-state index is 5.24. The monoisotopic (exact) mass is 119 g/mol. The van der Waals surface area contributed by atoms with Gasteiger partial charge in [0.15, 0.2) is 0 Å². The zero-order valence-electron chi connectivity index (χ0n) is 4.98. The summed E-state index contributed by atoms with van der Waals surface area (Å²) in [6.07, 6.45) is 1.38. The molecule has 0 aromatic carbocycles. The van der Waals surface area contributed by atoms with Crippen LogP contribution >= 0.6 is 0 Å². The molecule has 1 atom stereocenters. The smallest absolute Gasteiger partial charge is 0.146 e. The van der Waals surface area contributed by atoms with Crippen LogP contribution in [0.2, 0.25) is 0 Å². The molecule has 0 bridgehead atoms. The van der Waals surface area contributed by atoms with Crippen molar-refractivity contribution in [1.29, 1.82) is 0 Å². The first-order valence-electron chi connectivity index (χ1n) is 2.54. The first-order valence-corrected chi connectivity index (χ1v) is 3.35. The van der Waals surface area contributed by atoms with Crippen LogP contribution in [-0.4, -0.2) is 23.1 Å². The molecule has 0 aromatic heterocycles. The van der Waals surface area contributed by atoms with Gasteiger partial charge < -0.3 is 10.2 Å². The predicted octanol–water partition coefficient (Wildman–Crippen LogP) is -0.979. The van der Waals surface area contributed by atoms with Crippen LogP contribution in [0.1, 0.15) is 13.3 Å². The molecule has 3 heteroatoms. The summed E-state index contributed by atoms with van der Waals surface area (Å²) in [6.45, 7) is 2.78. The van der Waals surface area contributed by atoms with Gasteiger partial charge in [-0.2, -0.15) is 0 Å². The second-order valence-electron chi connectivity index (χ2n) is 1.62. The van der Waals surface area contributed by atoms with Gasteiger partial charge in [-0.1, -0.05) is 0 Å². The summed E-state index contributed by atoms with van der Waals surface area (Å²) in [5, 5.41) is 0. The van der Waals surface area contributed by atoms with Gasteiger partial charge in [0.2, 0.25) is 0 Å². The molecule has 0 aliphatic heterocycles. The molecule has 0 aromatic rings. The summed E-state index contributed by atoms with van der Waals surface area (Å²) in [5.41, 5.74) is 5.24. The lowest BCUT2D eigenvalue weighted by Gasteiger charge is -2.05. The molecular weight excluding hydrogens is 106 g/mol. The highest BCUT2D eigenvalue weighted by Gasteiger charge is 1.92. The van der Waals surface area contributed by atoms with Crippen molar-refractivity contribution in [1.82, 2.24) is 0 Å². The lowest BCUT2D eigenvalue weighted by atomic mass is 10.3. The van der Waals surface area contributed by atoms with Gasteiger partial charge in [0.25, 0.3) is 0 Å². The minimum atomic E-state index is 0.386. The van der Waals surface area contributed by atoms with Crippen molar-refractivity contribution >= 4 is 10.5 Å². The van der Waals surface area contributed by atoms with Crippen LogP contribution in [0.25, 0.3) is 0 Å². The standard InChI is InChI=1S/C4H13NOSi/c1-4(6-7)2-3-5/h4H,2-3,5H2,1,7H3. The second-order valence-corrected chi connectivity index (χ2v) is 2.10. The van der Waals surface area contributed by atoms with E-state index in [2.05, 4.69) is 0 Å². The van der Waals surface area contributed by atoms with E-state index in [0.717, 1.165) is 23.5 Å². The van der Waals surface area contributed by atoms with Crippen LogP contribution in [0.15, 0.2) is 0 Å². The summed E-state index contributed by atoms with van der Waals surface area (Å²) >= 11 is 0. The van der Waals surface area contributed by atoms with E-state index in [0.29, 0.717) is 6.10 Å². The van der Waals surface area contributed by atoms with Crippen molar-refractivity contribution in [2.75, 3.05) is 6.54 Å². The van der Waals surface area contributed by atoms with Crippen molar-refractivity contribution < 1.29 is 4.43 Å². The number of hydrogen-bond donors (Lipinski definition) is 1. The van der Waals surface area contributed by atoms with Crippen LogP contribution in [-0.2, 0) is 4.43 Å². The molecule has 0 heterocycles. The summed E-state index contributed by atoms with van der Waals surface area (Å²) in [6, 6.07) is 0. The maximum Gasteiger partial charge on any atom is 0.146 e. The van der Waals surface area contributed by atoms with Crippen LogP contribution in [0.5, 0.6) is 0 Å². The van der Waals surface area contributed by atoms with Crippen molar-refractivity contribution in [2.24, 2.45) is 5.73 Å². The Balaban J connectivity index is 2.83. The summed E-state index contributed by atoms with van der Waals surface area (Å²) < 4.78 is 5.05. The van der Waals surface area contributed by atoms with Crippen LogP contribution in [0, 0.1) is 0 Å². The normalized spacial score (nSPS) is 14.6. The van der Waals surface area contributed by atoms with Gasteiger partial charge in [-0.15, -0.1) is 0 Å². The highest BCUT2D eigenvalue weighted by molar-refractivity contribution is 5.98. The molecule has 0 aliphatic rings. The Morgan fingerprint density at radius 1 is 1.86 bits per heavy atom. The van der Waals surface area contributed by atoms with Crippen LogP contribution in [0.4, 0.5) is 0 Å². The quantitative estimate of drug-likeness (QED) is 0.485.